The Labute approximate surface area is 478 Å². The number of ether oxygens (including phenoxy) is 11. The van der Waals surface area contributed by atoms with Crippen LogP contribution in [0.2, 0.25) is 0 Å². The third-order valence-corrected chi connectivity index (χ3v) is 13.2. The number of esters is 3. The van der Waals surface area contributed by atoms with Crippen LogP contribution in [-0.2, 0) is 52.3 Å². The molecule has 456 valence electrons. The van der Waals surface area contributed by atoms with Crippen LogP contribution in [0.5, 0.6) is 57.5 Å². The van der Waals surface area contributed by atoms with E-state index in [4.69, 9.17) is 61.6 Å². The maximum Gasteiger partial charge on any atom is 0.402 e. The lowest BCUT2D eigenvalue weighted by Crippen LogP contribution is -2.64. The second-order valence-electron chi connectivity index (χ2n) is 19.1. The van der Waals surface area contributed by atoms with Gasteiger partial charge in [0.15, 0.2) is 53.0 Å². The lowest BCUT2D eigenvalue weighted by molar-refractivity contribution is -0.345. The second kappa shape index (κ2) is 26.8. The number of rotatable bonds is 20. The summed E-state index contributed by atoms with van der Waals surface area (Å²) >= 11 is 0. The number of hydrogen-bond donors (Lipinski definition) is 14. The summed E-state index contributed by atoms with van der Waals surface area (Å²) in [7, 11) is 2.54. The highest BCUT2D eigenvalue weighted by Gasteiger charge is 2.52. The summed E-state index contributed by atoms with van der Waals surface area (Å²) in [4.78, 5) is 49.6. The number of aromatic hydroxyl groups is 6. The van der Waals surface area contributed by atoms with E-state index in [1.165, 1.54) is 50.6 Å². The SMILES string of the molecule is COc1cc(C=CC(=O)O[C@H]2[C@H](O[C@H]3[C@H](Oc4cc5c(O[C@@H]6O[C@H](COC(=O)CC(=O)O)[C@@H](O)[C@H](O)[C@H]6O)cc(O)cc5[o+]c4-c4ccc(O)c(O)c4)O[C@H](COC(=O)C=Cc4ccc(O)c(O)c4)[C@@H](O)[C@@H]3O)OC[C@@H](O)[C@@H]2O)cc(OC)c1O. The topological polar surface area (TPSA) is 464 Å². The number of fused-ring (bicyclic) bond motifs is 1. The molecule has 30 nitrogen and oxygen atoms in total. The molecule has 3 aliphatic rings. The second-order valence-corrected chi connectivity index (χ2v) is 19.1. The molecule has 5 aromatic rings. The number of aliphatic carboxylic acids is 1. The van der Waals surface area contributed by atoms with E-state index in [0.29, 0.717) is 0 Å². The summed E-state index contributed by atoms with van der Waals surface area (Å²) in [5.41, 5.74) is 0.122. The number of aliphatic hydroxyl groups excluding tert-OH is 7. The van der Waals surface area contributed by atoms with Gasteiger partial charge in [-0.1, -0.05) is 6.07 Å². The average molecular weight is 1200 g/mol. The minimum absolute atomic E-state index is 0.0271. The molecule has 30 heteroatoms. The number of phenols is 6. The van der Waals surface area contributed by atoms with Crippen LogP contribution >= 0.6 is 0 Å². The molecule has 0 radical (unpaired) electrons. The van der Waals surface area contributed by atoms with E-state index in [0.717, 1.165) is 54.6 Å². The Hall–Kier alpha value is -8.79. The van der Waals surface area contributed by atoms with Crippen molar-refractivity contribution in [2.75, 3.05) is 34.0 Å². The van der Waals surface area contributed by atoms with E-state index in [9.17, 15) is 85.6 Å². The predicted octanol–water partition coefficient (Wildman–Crippen LogP) is 0.00660. The van der Waals surface area contributed by atoms with Crippen LogP contribution in [0.1, 0.15) is 17.5 Å². The fourth-order valence-electron chi connectivity index (χ4n) is 8.79. The molecule has 0 bridgehead atoms. The molecule has 0 spiro atoms. The number of carboxylic acids is 1. The fraction of sp³-hybridized carbons (Fsp3) is 0.364. The van der Waals surface area contributed by atoms with E-state index >= 15 is 0 Å². The number of carbonyl (C=O) groups excluding carboxylic acids is 3. The Bertz CT molecular complexity index is 3280. The summed E-state index contributed by atoms with van der Waals surface area (Å²) in [6.45, 7) is -2.39. The Morgan fingerprint density at radius 2 is 1.20 bits per heavy atom. The molecule has 1 aromatic heterocycles. The molecule has 0 saturated carbocycles. The zero-order valence-corrected chi connectivity index (χ0v) is 44.4. The van der Waals surface area contributed by atoms with Crippen LogP contribution in [0, 0.1) is 0 Å². The zero-order valence-electron chi connectivity index (χ0n) is 44.4. The summed E-state index contributed by atoms with van der Waals surface area (Å²) in [6.07, 6.45) is -24.4. The van der Waals surface area contributed by atoms with Gasteiger partial charge in [0.05, 0.1) is 32.5 Å². The molecule has 4 heterocycles. The van der Waals surface area contributed by atoms with Gasteiger partial charge in [0, 0.05) is 30.4 Å². The number of phenolic OH excluding ortho intramolecular Hbond substituents is 6. The molecule has 3 aliphatic heterocycles. The average Bonchev–Trinajstić information content (AvgIpc) is 2.27. The Morgan fingerprint density at radius 3 is 1.86 bits per heavy atom. The van der Waals surface area contributed by atoms with Gasteiger partial charge in [-0.2, -0.15) is 0 Å². The first-order valence-electron chi connectivity index (χ1n) is 25.3. The van der Waals surface area contributed by atoms with Crippen LogP contribution < -0.4 is 18.9 Å². The van der Waals surface area contributed by atoms with E-state index in [1.54, 1.807) is 0 Å². The molecule has 3 saturated heterocycles. The standard InChI is InChI=1S/C55H56O30/c1-74-34-12-23(13-35(75-2)44(34)68)5-10-41(65)84-51-43(67)31(61)19-78-54(51)85-52-48(72)46(70)38(20-76-40(64)9-4-22-3-7-27(57)29(59)11-22)83-55(52)81-36-17-26-32(79-50(36)24-6-8-28(58)30(60)14-24)15-25(56)16-33(26)80-53-49(73)47(71)45(69)37(82-53)21-77-42(66)18-39(62)63/h3-17,31,37-38,43,45-49,51-55,61,67,69-73H,18-21H2,1-2H3,(H6-,56,57,58,59,60,62,63,64,65,68)/p+1/t31-,37-,38-,43+,45-,46-,47+,48+,49-,51-,52-,53-,54+,55-/m1/s1. The number of carboxylic acid groups (broad SMARTS) is 1. The highest BCUT2D eigenvalue weighted by atomic mass is 16.8. The first-order chi connectivity index (χ1) is 40.4. The fourth-order valence-corrected chi connectivity index (χ4v) is 8.79. The number of methoxy groups -OCH3 is 2. The van der Waals surface area contributed by atoms with Gasteiger partial charge < -0.3 is 124 Å². The van der Waals surface area contributed by atoms with E-state index < -0.39 is 176 Å². The quantitative estimate of drug-likeness (QED) is 0.0122. The summed E-state index contributed by atoms with van der Waals surface area (Å²) < 4.78 is 68.4. The summed E-state index contributed by atoms with van der Waals surface area (Å²) in [5, 5.41) is 149. The van der Waals surface area contributed by atoms with E-state index in [2.05, 4.69) is 0 Å². The van der Waals surface area contributed by atoms with Crippen molar-refractivity contribution in [1.29, 1.82) is 0 Å². The summed E-state index contributed by atoms with van der Waals surface area (Å²) in [6, 6.07) is 12.8. The highest BCUT2D eigenvalue weighted by Crippen LogP contribution is 2.44. The van der Waals surface area contributed by atoms with Crippen LogP contribution in [0.15, 0.2) is 83.3 Å². The monoisotopic (exact) mass is 1200 g/mol. The van der Waals surface area contributed by atoms with Gasteiger partial charge in [0.1, 0.15) is 91.5 Å². The van der Waals surface area contributed by atoms with Crippen LogP contribution in [-0.4, -0.2) is 215 Å². The summed E-state index contributed by atoms with van der Waals surface area (Å²) in [5.74, 6) is -9.57. The van der Waals surface area contributed by atoms with Crippen LogP contribution in [0.4, 0.5) is 0 Å². The Kier molecular flexibility index (Phi) is 19.7. The van der Waals surface area contributed by atoms with Gasteiger partial charge in [-0.05, 0) is 59.7 Å². The maximum absolute atomic E-state index is 13.5. The number of hydrogen-bond acceptors (Lipinski definition) is 28. The molecular formula is C55H57O30+. The molecular weight excluding hydrogens is 1140 g/mol. The minimum Gasteiger partial charge on any atom is -0.507 e. The first-order valence-corrected chi connectivity index (χ1v) is 25.3. The van der Waals surface area contributed by atoms with Crippen molar-refractivity contribution in [3.8, 4) is 68.8 Å². The molecule has 14 atom stereocenters. The van der Waals surface area contributed by atoms with E-state index in [-0.39, 0.29) is 50.7 Å². The predicted molar refractivity (Wildman–Crippen MR) is 279 cm³/mol. The van der Waals surface area contributed by atoms with Crippen molar-refractivity contribution >= 4 is 47.0 Å². The van der Waals surface area contributed by atoms with Crippen molar-refractivity contribution in [1.82, 2.24) is 0 Å². The third kappa shape index (κ3) is 14.6. The van der Waals surface area contributed by atoms with Crippen molar-refractivity contribution in [2.24, 2.45) is 0 Å². The molecule has 0 aliphatic carbocycles. The molecule has 14 N–H and O–H groups in total. The number of benzene rings is 4. The van der Waals surface area contributed by atoms with Gasteiger partial charge in [-0.3, -0.25) is 9.59 Å². The number of aliphatic hydroxyl groups is 7. The molecule has 8 rings (SSSR count). The molecule has 3 fully saturated rings. The number of carbonyl (C=O) groups is 4. The Balaban J connectivity index is 1.16. The lowest BCUT2D eigenvalue weighted by atomic mass is 9.98. The molecule has 0 unspecified atom stereocenters. The van der Waals surface area contributed by atoms with Gasteiger partial charge in [-0.25, -0.2) is 14.0 Å². The van der Waals surface area contributed by atoms with Gasteiger partial charge >= 0.3 is 35.2 Å². The van der Waals surface area contributed by atoms with Crippen LogP contribution in [0.25, 0.3) is 34.4 Å². The van der Waals surface area contributed by atoms with Crippen LogP contribution in [0.3, 0.4) is 0 Å². The smallest absolute Gasteiger partial charge is 0.402 e. The van der Waals surface area contributed by atoms with Crippen molar-refractivity contribution in [3.63, 3.8) is 0 Å². The minimum atomic E-state index is -2.20. The van der Waals surface area contributed by atoms with E-state index in [1.807, 2.05) is 0 Å². The first kappa shape index (κ1) is 62.3. The van der Waals surface area contributed by atoms with Crippen molar-refractivity contribution < 1.29 is 147 Å². The Morgan fingerprint density at radius 1 is 0.588 bits per heavy atom. The molecule has 85 heavy (non-hydrogen) atoms. The van der Waals surface area contributed by atoms with Gasteiger partial charge in [0.2, 0.25) is 24.1 Å². The normalized spacial score (nSPS) is 26.8. The third-order valence-electron chi connectivity index (χ3n) is 13.2. The maximum atomic E-state index is 13.5. The van der Waals surface area contributed by atoms with Gasteiger partial charge in [-0.15, -0.1) is 0 Å². The zero-order chi connectivity index (χ0) is 61.6. The van der Waals surface area contributed by atoms with Crippen molar-refractivity contribution in [3.05, 3.63) is 90.0 Å². The molecule has 0 amide bonds. The molecule has 4 aromatic carbocycles. The lowest BCUT2D eigenvalue weighted by Gasteiger charge is -2.45. The largest absolute Gasteiger partial charge is 0.507 e. The highest BCUT2D eigenvalue weighted by molar-refractivity contribution is 5.91. The van der Waals surface area contributed by atoms with Gasteiger partial charge in [0.25, 0.3) is 0 Å². The van der Waals surface area contributed by atoms with Crippen molar-refractivity contribution in [2.45, 2.75) is 92.4 Å².